The second-order valence-electron chi connectivity index (χ2n) is 7.68. The van der Waals surface area contributed by atoms with E-state index in [0.717, 1.165) is 5.56 Å². The van der Waals surface area contributed by atoms with Crippen molar-refractivity contribution in [1.29, 1.82) is 0 Å². The lowest BCUT2D eigenvalue weighted by atomic mass is 10.0. The summed E-state index contributed by atoms with van der Waals surface area (Å²) in [7, 11) is 3.28. The molecular formula is C23H24F3N5O2. The number of halogens is 3. The lowest BCUT2D eigenvalue weighted by Gasteiger charge is -2.35. The SMILES string of the molecule is CN=C(C)C=C(N)CN1C(=O)N(C)Cc2ccc(C(=O)NCc3c(F)cc(F)cc3F)cc21. The van der Waals surface area contributed by atoms with Crippen LogP contribution in [0, 0.1) is 17.5 Å². The number of benzene rings is 2. The number of nitrogens with one attached hydrogen (secondary N) is 1. The van der Waals surface area contributed by atoms with E-state index in [1.54, 1.807) is 39.2 Å². The third-order valence-electron chi connectivity index (χ3n) is 5.22. The first-order valence-corrected chi connectivity index (χ1v) is 10.1. The second-order valence-corrected chi connectivity index (χ2v) is 7.68. The monoisotopic (exact) mass is 459 g/mol. The Kier molecular flexibility index (Phi) is 7.05. The van der Waals surface area contributed by atoms with Gasteiger partial charge in [-0.1, -0.05) is 6.07 Å². The molecule has 33 heavy (non-hydrogen) atoms. The number of amides is 3. The summed E-state index contributed by atoms with van der Waals surface area (Å²) >= 11 is 0. The minimum atomic E-state index is -1.09. The fourth-order valence-electron chi connectivity index (χ4n) is 3.45. The maximum atomic E-state index is 13.9. The van der Waals surface area contributed by atoms with Gasteiger partial charge in [0.05, 0.1) is 12.2 Å². The van der Waals surface area contributed by atoms with Crippen LogP contribution >= 0.6 is 0 Å². The van der Waals surface area contributed by atoms with Gasteiger partial charge in [-0.25, -0.2) is 18.0 Å². The number of hydrogen-bond acceptors (Lipinski definition) is 4. The minimum Gasteiger partial charge on any atom is -0.401 e. The van der Waals surface area contributed by atoms with Crippen molar-refractivity contribution in [2.75, 3.05) is 25.5 Å². The van der Waals surface area contributed by atoms with E-state index in [4.69, 9.17) is 5.73 Å². The van der Waals surface area contributed by atoms with Crippen LogP contribution in [0.4, 0.5) is 23.7 Å². The number of nitrogens with two attached hydrogens (primary N) is 1. The summed E-state index contributed by atoms with van der Waals surface area (Å²) in [6.07, 6.45) is 1.66. The number of carbonyl (C=O) groups is 2. The molecule has 0 fully saturated rings. The van der Waals surface area contributed by atoms with Crippen LogP contribution in [0.2, 0.25) is 0 Å². The molecule has 3 amide bonds. The number of anilines is 1. The molecule has 0 saturated heterocycles. The highest BCUT2D eigenvalue weighted by Gasteiger charge is 2.29. The number of fused-ring (bicyclic) bond motifs is 1. The first-order chi connectivity index (χ1) is 15.6. The standard InChI is InChI=1S/C23H24F3N5O2/c1-13(28-2)6-17(27)12-31-21-7-14(4-5-15(21)11-30(3)23(31)33)22(32)29-10-18-19(25)8-16(24)9-20(18)26/h4-9H,10-12,27H2,1-3H3,(H,29,32). The van der Waals surface area contributed by atoms with Crippen molar-refractivity contribution in [3.63, 3.8) is 0 Å². The zero-order chi connectivity index (χ0) is 24.3. The van der Waals surface area contributed by atoms with Gasteiger partial charge < -0.3 is 16.0 Å². The minimum absolute atomic E-state index is 0.0834. The second kappa shape index (κ2) is 9.76. The third kappa shape index (κ3) is 5.33. The summed E-state index contributed by atoms with van der Waals surface area (Å²) in [6, 6.07) is 5.59. The zero-order valence-electron chi connectivity index (χ0n) is 18.5. The number of aliphatic imine (C=N–C) groups is 1. The smallest absolute Gasteiger partial charge is 0.324 e. The summed E-state index contributed by atoms with van der Waals surface area (Å²) in [5, 5.41) is 2.43. The number of allylic oxidation sites excluding steroid dienone is 1. The molecule has 174 valence electrons. The largest absolute Gasteiger partial charge is 0.401 e. The molecule has 0 aliphatic carbocycles. The van der Waals surface area contributed by atoms with E-state index in [0.29, 0.717) is 35.8 Å². The van der Waals surface area contributed by atoms with E-state index in [1.165, 1.54) is 15.9 Å². The van der Waals surface area contributed by atoms with Crippen LogP contribution in [-0.2, 0) is 13.1 Å². The van der Waals surface area contributed by atoms with Crippen molar-refractivity contribution in [2.24, 2.45) is 10.7 Å². The molecule has 0 atom stereocenters. The number of rotatable bonds is 6. The first-order valence-electron chi connectivity index (χ1n) is 10.1. The van der Waals surface area contributed by atoms with Crippen LogP contribution in [0.3, 0.4) is 0 Å². The average molecular weight is 459 g/mol. The molecule has 10 heteroatoms. The Labute approximate surface area is 189 Å². The van der Waals surface area contributed by atoms with Crippen molar-refractivity contribution in [3.8, 4) is 0 Å². The van der Waals surface area contributed by atoms with Crippen molar-refractivity contribution >= 4 is 23.3 Å². The molecule has 1 aliphatic heterocycles. The Morgan fingerprint density at radius 3 is 2.52 bits per heavy atom. The quantitative estimate of drug-likeness (QED) is 0.650. The molecule has 0 bridgehead atoms. The number of nitrogens with zero attached hydrogens (tertiary/aromatic N) is 3. The normalized spacial score (nSPS) is 14.4. The van der Waals surface area contributed by atoms with Crippen molar-refractivity contribution in [2.45, 2.75) is 20.0 Å². The Bertz CT molecular complexity index is 1140. The number of urea groups is 1. The van der Waals surface area contributed by atoms with Gasteiger partial charge in [0.15, 0.2) is 0 Å². The van der Waals surface area contributed by atoms with Crippen LogP contribution < -0.4 is 16.0 Å². The van der Waals surface area contributed by atoms with Gasteiger partial charge in [-0.15, -0.1) is 0 Å². The Balaban J connectivity index is 1.85. The fourth-order valence-corrected chi connectivity index (χ4v) is 3.45. The van der Waals surface area contributed by atoms with Gasteiger partial charge in [0.2, 0.25) is 0 Å². The van der Waals surface area contributed by atoms with Crippen LogP contribution in [0.1, 0.15) is 28.4 Å². The topological polar surface area (TPSA) is 91.0 Å². The number of carbonyl (C=O) groups excluding carboxylic acids is 2. The van der Waals surface area contributed by atoms with Gasteiger partial charge in [0.25, 0.3) is 5.91 Å². The van der Waals surface area contributed by atoms with E-state index in [2.05, 4.69) is 10.3 Å². The third-order valence-corrected chi connectivity index (χ3v) is 5.22. The molecule has 0 saturated carbocycles. The van der Waals surface area contributed by atoms with Gasteiger partial charge in [-0.05, 0) is 30.7 Å². The van der Waals surface area contributed by atoms with Crippen LogP contribution in [0.5, 0.6) is 0 Å². The van der Waals surface area contributed by atoms with Gasteiger partial charge in [-0.2, -0.15) is 0 Å². The van der Waals surface area contributed by atoms with E-state index in [1.807, 2.05) is 0 Å². The van der Waals surface area contributed by atoms with E-state index in [9.17, 15) is 22.8 Å². The van der Waals surface area contributed by atoms with Gasteiger partial charge in [-0.3, -0.25) is 14.7 Å². The van der Waals surface area contributed by atoms with E-state index >= 15 is 0 Å². The molecule has 0 radical (unpaired) electrons. The summed E-state index contributed by atoms with van der Waals surface area (Å²) in [5.41, 5.74) is 8.23. The maximum Gasteiger partial charge on any atom is 0.324 e. The molecule has 7 nitrogen and oxygen atoms in total. The molecule has 2 aromatic rings. The van der Waals surface area contributed by atoms with Crippen LogP contribution in [0.15, 0.2) is 47.1 Å². The molecule has 0 spiro atoms. The summed E-state index contributed by atoms with van der Waals surface area (Å²) < 4.78 is 40.8. The molecule has 3 N–H and O–H groups in total. The van der Waals surface area contributed by atoms with E-state index in [-0.39, 0.29) is 18.1 Å². The molecular weight excluding hydrogens is 435 g/mol. The highest BCUT2D eigenvalue weighted by Crippen LogP contribution is 2.29. The average Bonchev–Trinajstić information content (AvgIpc) is 2.75. The van der Waals surface area contributed by atoms with Gasteiger partial charge >= 0.3 is 6.03 Å². The molecule has 2 aromatic carbocycles. The fraction of sp³-hybridized carbons (Fsp3) is 0.261. The Morgan fingerprint density at radius 1 is 1.21 bits per heavy atom. The molecule has 0 aromatic heterocycles. The van der Waals surface area contributed by atoms with Crippen LogP contribution in [-0.4, -0.2) is 43.2 Å². The maximum absolute atomic E-state index is 13.9. The summed E-state index contributed by atoms with van der Waals surface area (Å²) in [5.74, 6) is -3.83. The first kappa shape index (κ1) is 23.8. The molecule has 1 heterocycles. The van der Waals surface area contributed by atoms with Crippen molar-refractivity contribution in [3.05, 3.63) is 76.2 Å². The molecule has 1 aliphatic rings. The summed E-state index contributed by atoms with van der Waals surface area (Å²) in [4.78, 5) is 32.4. The van der Waals surface area contributed by atoms with E-state index < -0.39 is 35.5 Å². The Morgan fingerprint density at radius 2 is 1.88 bits per heavy atom. The van der Waals surface area contributed by atoms with Gasteiger partial charge in [0.1, 0.15) is 17.5 Å². The Hall–Kier alpha value is -3.82. The lowest BCUT2D eigenvalue weighted by molar-refractivity contribution is 0.0950. The highest BCUT2D eigenvalue weighted by molar-refractivity contribution is 6.00. The highest BCUT2D eigenvalue weighted by atomic mass is 19.1. The zero-order valence-corrected chi connectivity index (χ0v) is 18.5. The van der Waals surface area contributed by atoms with Crippen molar-refractivity contribution in [1.82, 2.24) is 10.2 Å². The predicted octanol–water partition coefficient (Wildman–Crippen LogP) is 3.34. The van der Waals surface area contributed by atoms with Crippen molar-refractivity contribution < 1.29 is 22.8 Å². The lowest BCUT2D eigenvalue weighted by Crippen LogP contribution is -2.46. The van der Waals surface area contributed by atoms with Gasteiger partial charge in [0, 0.05) is 61.9 Å². The number of hydrogen-bond donors (Lipinski definition) is 2. The molecule has 3 rings (SSSR count). The predicted molar refractivity (Wildman–Crippen MR) is 119 cm³/mol. The van der Waals surface area contributed by atoms with Crippen LogP contribution in [0.25, 0.3) is 0 Å². The molecule has 0 unspecified atom stereocenters. The summed E-state index contributed by atoms with van der Waals surface area (Å²) in [6.45, 7) is 1.74.